The summed E-state index contributed by atoms with van der Waals surface area (Å²) in [7, 11) is 0. The Morgan fingerprint density at radius 3 is 2.78 bits per heavy atom. The first-order valence-corrected chi connectivity index (χ1v) is 7.43. The minimum absolute atomic E-state index is 0.0339. The summed E-state index contributed by atoms with van der Waals surface area (Å²) in [5.74, 6) is 0. The van der Waals surface area contributed by atoms with Crippen LogP contribution in [-0.2, 0) is 0 Å². The lowest BCUT2D eigenvalue weighted by atomic mass is 10.2. The fourth-order valence-electron chi connectivity index (χ4n) is 1.69. The third kappa shape index (κ3) is 5.44. The number of aryl methyl sites for hydroxylation is 1. The second kappa shape index (κ2) is 7.95. The van der Waals surface area contributed by atoms with E-state index in [1.165, 1.54) is 30.3 Å². The number of hydrogen-bond donors (Lipinski definition) is 2. The van der Waals surface area contributed by atoms with Crippen molar-refractivity contribution in [2.45, 2.75) is 11.8 Å². The van der Waals surface area contributed by atoms with Gasteiger partial charge in [0.1, 0.15) is 0 Å². The number of nitrogens with one attached hydrogen (secondary N) is 2. The molecule has 0 saturated heterocycles. The van der Waals surface area contributed by atoms with Crippen molar-refractivity contribution in [3.63, 3.8) is 0 Å². The molecule has 0 aliphatic heterocycles. The zero-order valence-electron chi connectivity index (χ0n) is 12.2. The molecule has 0 aliphatic carbocycles. The van der Waals surface area contributed by atoms with Crippen molar-refractivity contribution in [3.05, 3.63) is 69.8 Å². The standard InChI is InChI=1S/C15H14N4O3S/c1-11-4-2-7-14(8-11)23-18-15(20)17-16-10-12-5-3-6-13(9-12)19(21)22/h2-10H,1H3,(H2,17,18,20)/b16-10+. The summed E-state index contributed by atoms with van der Waals surface area (Å²) in [4.78, 5) is 22.7. The number of amides is 2. The Labute approximate surface area is 137 Å². The Morgan fingerprint density at radius 1 is 1.26 bits per heavy atom. The van der Waals surface area contributed by atoms with E-state index in [2.05, 4.69) is 15.2 Å². The van der Waals surface area contributed by atoms with E-state index in [0.29, 0.717) is 5.56 Å². The van der Waals surface area contributed by atoms with Gasteiger partial charge in [0.2, 0.25) is 0 Å². The van der Waals surface area contributed by atoms with Gasteiger partial charge < -0.3 is 0 Å². The molecule has 7 nitrogen and oxygen atoms in total. The Morgan fingerprint density at radius 2 is 2.04 bits per heavy atom. The lowest BCUT2D eigenvalue weighted by Crippen LogP contribution is -2.27. The maximum atomic E-state index is 11.6. The Kier molecular flexibility index (Phi) is 5.70. The fourth-order valence-corrected chi connectivity index (χ4v) is 2.34. The number of carbonyl (C=O) groups is 1. The molecular formula is C15H14N4O3S. The van der Waals surface area contributed by atoms with E-state index >= 15 is 0 Å². The normalized spacial score (nSPS) is 10.5. The van der Waals surface area contributed by atoms with Gasteiger partial charge in [0.25, 0.3) is 5.69 Å². The van der Waals surface area contributed by atoms with Crippen LogP contribution in [0.2, 0.25) is 0 Å². The summed E-state index contributed by atoms with van der Waals surface area (Å²) in [5, 5.41) is 14.4. The van der Waals surface area contributed by atoms with Gasteiger partial charge in [0.05, 0.1) is 11.1 Å². The molecule has 0 aliphatic rings. The molecule has 2 amide bonds. The maximum Gasteiger partial charge on any atom is 0.345 e. The number of urea groups is 1. The van der Waals surface area contributed by atoms with E-state index in [1.54, 1.807) is 12.1 Å². The molecule has 0 saturated carbocycles. The van der Waals surface area contributed by atoms with Crippen molar-refractivity contribution < 1.29 is 9.72 Å². The van der Waals surface area contributed by atoms with Crippen LogP contribution in [0, 0.1) is 17.0 Å². The van der Waals surface area contributed by atoms with Crippen molar-refractivity contribution in [2.24, 2.45) is 5.10 Å². The molecule has 0 aromatic heterocycles. The topological polar surface area (TPSA) is 96.6 Å². The van der Waals surface area contributed by atoms with Crippen LogP contribution in [0.1, 0.15) is 11.1 Å². The quantitative estimate of drug-likeness (QED) is 0.381. The third-order valence-corrected chi connectivity index (χ3v) is 3.49. The predicted octanol–water partition coefficient (Wildman–Crippen LogP) is 3.24. The third-order valence-electron chi connectivity index (χ3n) is 2.71. The minimum atomic E-state index is -0.490. The molecule has 0 radical (unpaired) electrons. The molecule has 0 fully saturated rings. The molecule has 0 atom stereocenters. The molecule has 0 heterocycles. The highest BCUT2D eigenvalue weighted by molar-refractivity contribution is 7.98. The molecule has 8 heteroatoms. The second-order valence-electron chi connectivity index (χ2n) is 4.57. The Balaban J connectivity index is 1.84. The van der Waals surface area contributed by atoms with Crippen molar-refractivity contribution in [1.82, 2.24) is 10.1 Å². The molecule has 118 valence electrons. The van der Waals surface area contributed by atoms with Gasteiger partial charge in [-0.25, -0.2) is 10.2 Å². The molecule has 0 unspecified atom stereocenters. The van der Waals surface area contributed by atoms with Crippen LogP contribution in [0.15, 0.2) is 58.5 Å². The maximum absolute atomic E-state index is 11.6. The van der Waals surface area contributed by atoms with Gasteiger partial charge in [0.15, 0.2) is 0 Å². The summed E-state index contributed by atoms with van der Waals surface area (Å²) in [6, 6.07) is 13.1. The van der Waals surface area contributed by atoms with E-state index in [0.717, 1.165) is 10.5 Å². The van der Waals surface area contributed by atoms with E-state index in [4.69, 9.17) is 0 Å². The molecular weight excluding hydrogens is 316 g/mol. The number of benzene rings is 2. The Hall–Kier alpha value is -2.87. The van der Waals surface area contributed by atoms with Gasteiger partial charge in [-0.2, -0.15) is 5.10 Å². The van der Waals surface area contributed by atoms with Crippen LogP contribution in [-0.4, -0.2) is 17.2 Å². The summed E-state index contributed by atoms with van der Waals surface area (Å²) in [5.41, 5.74) is 3.88. The van der Waals surface area contributed by atoms with Crippen LogP contribution in [0.25, 0.3) is 0 Å². The lowest BCUT2D eigenvalue weighted by Gasteiger charge is -2.03. The largest absolute Gasteiger partial charge is 0.345 e. The number of hydrogen-bond acceptors (Lipinski definition) is 5. The summed E-state index contributed by atoms with van der Waals surface area (Å²) in [6.07, 6.45) is 1.34. The molecule has 23 heavy (non-hydrogen) atoms. The summed E-state index contributed by atoms with van der Waals surface area (Å²) >= 11 is 1.17. The highest BCUT2D eigenvalue weighted by atomic mass is 32.2. The fraction of sp³-hybridized carbons (Fsp3) is 0.0667. The number of carbonyl (C=O) groups excluding carboxylic acids is 1. The zero-order valence-corrected chi connectivity index (χ0v) is 13.0. The van der Waals surface area contributed by atoms with Crippen LogP contribution < -0.4 is 10.1 Å². The predicted molar refractivity (Wildman–Crippen MR) is 89.4 cm³/mol. The average Bonchev–Trinajstić information content (AvgIpc) is 2.53. The molecule has 2 rings (SSSR count). The van der Waals surface area contributed by atoms with Crippen LogP contribution in [0.3, 0.4) is 0 Å². The van der Waals surface area contributed by atoms with E-state index in [9.17, 15) is 14.9 Å². The molecule has 2 aromatic carbocycles. The average molecular weight is 330 g/mol. The number of rotatable bonds is 5. The smallest absolute Gasteiger partial charge is 0.276 e. The minimum Gasteiger partial charge on any atom is -0.276 e. The van der Waals surface area contributed by atoms with E-state index < -0.39 is 11.0 Å². The number of nitro benzene ring substituents is 1. The number of non-ortho nitro benzene ring substituents is 1. The SMILES string of the molecule is Cc1cccc(SNC(=O)N/N=C/c2cccc([N+](=O)[O-])c2)c1. The van der Waals surface area contributed by atoms with Gasteiger partial charge in [-0.1, -0.05) is 24.3 Å². The van der Waals surface area contributed by atoms with Crippen molar-refractivity contribution in [3.8, 4) is 0 Å². The molecule has 0 spiro atoms. The highest BCUT2D eigenvalue weighted by Crippen LogP contribution is 2.15. The van der Waals surface area contributed by atoms with Gasteiger partial charge in [-0.05, 0) is 36.6 Å². The van der Waals surface area contributed by atoms with Gasteiger partial charge >= 0.3 is 6.03 Å². The molecule has 2 N–H and O–H groups in total. The van der Waals surface area contributed by atoms with Crippen molar-refractivity contribution in [1.29, 1.82) is 0 Å². The van der Waals surface area contributed by atoms with Crippen LogP contribution in [0.5, 0.6) is 0 Å². The van der Waals surface area contributed by atoms with E-state index in [-0.39, 0.29) is 5.69 Å². The number of nitro groups is 1. The first-order chi connectivity index (χ1) is 11.0. The summed E-state index contributed by atoms with van der Waals surface area (Å²) in [6.45, 7) is 1.97. The lowest BCUT2D eigenvalue weighted by molar-refractivity contribution is -0.384. The summed E-state index contributed by atoms with van der Waals surface area (Å²) < 4.78 is 2.59. The van der Waals surface area contributed by atoms with Crippen LogP contribution in [0.4, 0.5) is 10.5 Å². The molecule has 2 aromatic rings. The Bertz CT molecular complexity index is 749. The first-order valence-electron chi connectivity index (χ1n) is 6.61. The zero-order chi connectivity index (χ0) is 16.7. The van der Waals surface area contributed by atoms with Crippen molar-refractivity contribution >= 4 is 29.9 Å². The van der Waals surface area contributed by atoms with Gasteiger partial charge in [-0.15, -0.1) is 0 Å². The van der Waals surface area contributed by atoms with Crippen LogP contribution >= 0.6 is 11.9 Å². The van der Waals surface area contributed by atoms with E-state index in [1.807, 2.05) is 31.2 Å². The van der Waals surface area contributed by atoms with Gasteiger partial charge in [0, 0.05) is 22.6 Å². The second-order valence-corrected chi connectivity index (χ2v) is 5.45. The van der Waals surface area contributed by atoms with Gasteiger partial charge in [-0.3, -0.25) is 14.8 Å². The highest BCUT2D eigenvalue weighted by Gasteiger charge is 2.04. The number of nitrogens with zero attached hydrogens (tertiary/aromatic N) is 2. The number of hydrazone groups is 1. The van der Waals surface area contributed by atoms with Crippen molar-refractivity contribution in [2.75, 3.05) is 0 Å². The first kappa shape index (κ1) is 16.5. The molecule has 0 bridgehead atoms. The monoisotopic (exact) mass is 330 g/mol.